The number of thioether (sulfide) groups is 1. The molecule has 18 heavy (non-hydrogen) atoms. The van der Waals surface area contributed by atoms with Gasteiger partial charge in [0, 0.05) is 19.7 Å². The van der Waals surface area contributed by atoms with Crippen molar-refractivity contribution < 1.29 is 9.53 Å². The summed E-state index contributed by atoms with van der Waals surface area (Å²) in [5.74, 6) is 1.17. The van der Waals surface area contributed by atoms with Crippen LogP contribution in [0.25, 0.3) is 0 Å². The van der Waals surface area contributed by atoms with Gasteiger partial charge < -0.3 is 15.8 Å². The standard InChI is InChI=1S/C11H18N4O2S/c1-3-4-13-9-5-11(18-7-8(12)16)15-10(14-9)6-17-2/h5H,3-4,6-7H2,1-2H3,(H2,12,16)(H,13,14,15). The monoisotopic (exact) mass is 270 g/mol. The van der Waals surface area contributed by atoms with E-state index in [0.29, 0.717) is 12.4 Å². The lowest BCUT2D eigenvalue weighted by atomic mass is 10.4. The number of primary amides is 1. The Hall–Kier alpha value is -1.34. The fourth-order valence-corrected chi connectivity index (χ4v) is 1.88. The van der Waals surface area contributed by atoms with Crippen molar-refractivity contribution in [2.45, 2.75) is 25.0 Å². The zero-order chi connectivity index (χ0) is 13.4. The largest absolute Gasteiger partial charge is 0.377 e. The van der Waals surface area contributed by atoms with Gasteiger partial charge in [-0.2, -0.15) is 0 Å². The molecule has 7 heteroatoms. The second kappa shape index (κ2) is 7.88. The van der Waals surface area contributed by atoms with Crippen LogP contribution in [0.2, 0.25) is 0 Å². The first-order valence-corrected chi connectivity index (χ1v) is 6.66. The third-order valence-corrected chi connectivity index (χ3v) is 2.87. The molecule has 0 aliphatic heterocycles. The molecule has 0 aliphatic carbocycles. The van der Waals surface area contributed by atoms with Crippen LogP contribution in [-0.4, -0.2) is 35.3 Å². The molecular weight excluding hydrogens is 252 g/mol. The van der Waals surface area contributed by atoms with E-state index in [1.165, 1.54) is 11.8 Å². The van der Waals surface area contributed by atoms with Crippen molar-refractivity contribution in [1.82, 2.24) is 9.97 Å². The van der Waals surface area contributed by atoms with E-state index in [-0.39, 0.29) is 11.7 Å². The highest BCUT2D eigenvalue weighted by molar-refractivity contribution is 7.99. The molecule has 3 N–H and O–H groups in total. The summed E-state index contributed by atoms with van der Waals surface area (Å²) in [6.07, 6.45) is 1.01. The summed E-state index contributed by atoms with van der Waals surface area (Å²) in [5.41, 5.74) is 5.11. The second-order valence-electron chi connectivity index (χ2n) is 3.62. The molecule has 0 aliphatic rings. The number of ether oxygens (including phenoxy) is 1. The highest BCUT2D eigenvalue weighted by Crippen LogP contribution is 2.18. The maximum Gasteiger partial charge on any atom is 0.227 e. The van der Waals surface area contributed by atoms with Gasteiger partial charge in [0.05, 0.1) is 5.75 Å². The van der Waals surface area contributed by atoms with E-state index >= 15 is 0 Å². The number of carbonyl (C=O) groups excluding carboxylic acids is 1. The Morgan fingerprint density at radius 1 is 1.56 bits per heavy atom. The minimum atomic E-state index is -0.366. The van der Waals surface area contributed by atoms with Gasteiger partial charge >= 0.3 is 0 Å². The smallest absolute Gasteiger partial charge is 0.227 e. The SMILES string of the molecule is CCCNc1cc(SCC(N)=O)nc(COC)n1. The first kappa shape index (κ1) is 14.7. The van der Waals surface area contributed by atoms with E-state index in [0.717, 1.165) is 23.8 Å². The molecule has 0 radical (unpaired) electrons. The summed E-state index contributed by atoms with van der Waals surface area (Å²) in [4.78, 5) is 19.4. The summed E-state index contributed by atoms with van der Waals surface area (Å²) in [6.45, 7) is 3.25. The Bertz CT molecular complexity index is 401. The summed E-state index contributed by atoms with van der Waals surface area (Å²) in [7, 11) is 1.59. The number of nitrogens with two attached hydrogens (primary N) is 1. The minimum absolute atomic E-state index is 0.205. The molecule has 0 bridgehead atoms. The number of rotatable bonds is 8. The van der Waals surface area contributed by atoms with Gasteiger partial charge in [-0.15, -0.1) is 0 Å². The number of amides is 1. The van der Waals surface area contributed by atoms with Crippen LogP contribution < -0.4 is 11.1 Å². The average molecular weight is 270 g/mol. The summed E-state index contributed by atoms with van der Waals surface area (Å²) < 4.78 is 5.01. The number of nitrogens with one attached hydrogen (secondary N) is 1. The maximum atomic E-state index is 10.8. The van der Waals surface area contributed by atoms with E-state index in [2.05, 4.69) is 22.2 Å². The zero-order valence-corrected chi connectivity index (χ0v) is 11.4. The number of hydrogen-bond donors (Lipinski definition) is 2. The molecular formula is C11H18N4O2S. The van der Waals surface area contributed by atoms with Crippen LogP contribution in [-0.2, 0) is 16.1 Å². The number of carbonyl (C=O) groups is 1. The van der Waals surface area contributed by atoms with Crippen LogP contribution in [0.15, 0.2) is 11.1 Å². The highest BCUT2D eigenvalue weighted by Gasteiger charge is 2.06. The van der Waals surface area contributed by atoms with Crippen molar-refractivity contribution >= 4 is 23.5 Å². The molecule has 0 fully saturated rings. The van der Waals surface area contributed by atoms with Crippen molar-refractivity contribution in [3.05, 3.63) is 11.9 Å². The average Bonchev–Trinajstić information content (AvgIpc) is 2.34. The van der Waals surface area contributed by atoms with Gasteiger partial charge in [-0.05, 0) is 6.42 Å². The molecule has 1 amide bonds. The summed E-state index contributed by atoms with van der Waals surface area (Å²) in [6, 6.07) is 1.81. The predicted octanol–water partition coefficient (Wildman–Crippen LogP) is 1.02. The van der Waals surface area contributed by atoms with Crippen LogP contribution in [0.1, 0.15) is 19.2 Å². The molecule has 1 aromatic rings. The van der Waals surface area contributed by atoms with E-state index in [9.17, 15) is 4.79 Å². The van der Waals surface area contributed by atoms with Gasteiger partial charge in [0.2, 0.25) is 5.91 Å². The molecule has 0 unspecified atom stereocenters. The Labute approximate surface area is 111 Å². The van der Waals surface area contributed by atoms with Crippen LogP contribution in [0.3, 0.4) is 0 Å². The van der Waals surface area contributed by atoms with Gasteiger partial charge in [0.15, 0.2) is 5.82 Å². The van der Waals surface area contributed by atoms with Crippen molar-refractivity contribution in [3.8, 4) is 0 Å². The molecule has 1 heterocycles. The molecule has 0 spiro atoms. The van der Waals surface area contributed by atoms with E-state index in [1.54, 1.807) is 7.11 Å². The van der Waals surface area contributed by atoms with E-state index < -0.39 is 0 Å². The molecule has 0 aromatic carbocycles. The van der Waals surface area contributed by atoms with Crippen LogP contribution in [0, 0.1) is 0 Å². The quantitative estimate of drug-likeness (QED) is 0.541. The van der Waals surface area contributed by atoms with Crippen LogP contribution in [0.4, 0.5) is 5.82 Å². The minimum Gasteiger partial charge on any atom is -0.377 e. The van der Waals surface area contributed by atoms with Gasteiger partial charge in [-0.1, -0.05) is 18.7 Å². The Morgan fingerprint density at radius 3 is 2.94 bits per heavy atom. The maximum absolute atomic E-state index is 10.8. The van der Waals surface area contributed by atoms with Gasteiger partial charge in [0.1, 0.15) is 17.5 Å². The predicted molar refractivity (Wildman–Crippen MR) is 71.4 cm³/mol. The van der Waals surface area contributed by atoms with Crippen LogP contribution in [0.5, 0.6) is 0 Å². The Morgan fingerprint density at radius 2 is 2.33 bits per heavy atom. The fourth-order valence-electron chi connectivity index (χ4n) is 1.23. The number of hydrogen-bond acceptors (Lipinski definition) is 6. The third kappa shape index (κ3) is 5.33. The van der Waals surface area contributed by atoms with Crippen molar-refractivity contribution in [3.63, 3.8) is 0 Å². The number of methoxy groups -OCH3 is 1. The van der Waals surface area contributed by atoms with Gasteiger partial charge in [-0.25, -0.2) is 9.97 Å². The fraction of sp³-hybridized carbons (Fsp3) is 0.545. The lowest BCUT2D eigenvalue weighted by Gasteiger charge is -2.08. The first-order valence-electron chi connectivity index (χ1n) is 5.67. The normalized spacial score (nSPS) is 10.3. The number of anilines is 1. The van der Waals surface area contributed by atoms with Crippen LogP contribution >= 0.6 is 11.8 Å². The van der Waals surface area contributed by atoms with Crippen molar-refractivity contribution in [1.29, 1.82) is 0 Å². The molecule has 0 atom stereocenters. The number of aromatic nitrogens is 2. The summed E-state index contributed by atoms with van der Waals surface area (Å²) in [5, 5.41) is 3.90. The zero-order valence-electron chi connectivity index (χ0n) is 10.6. The highest BCUT2D eigenvalue weighted by atomic mass is 32.2. The molecule has 0 saturated carbocycles. The Balaban J connectivity index is 2.79. The van der Waals surface area contributed by atoms with Gasteiger partial charge in [-0.3, -0.25) is 4.79 Å². The summed E-state index contributed by atoms with van der Waals surface area (Å²) >= 11 is 1.29. The third-order valence-electron chi connectivity index (χ3n) is 1.94. The topological polar surface area (TPSA) is 90.1 Å². The molecule has 100 valence electrons. The molecule has 1 rings (SSSR count). The molecule has 1 aromatic heterocycles. The Kier molecular flexibility index (Phi) is 6.45. The van der Waals surface area contributed by atoms with Crippen molar-refractivity contribution in [2.24, 2.45) is 5.73 Å². The van der Waals surface area contributed by atoms with Crippen molar-refractivity contribution in [2.75, 3.05) is 24.7 Å². The van der Waals surface area contributed by atoms with E-state index in [4.69, 9.17) is 10.5 Å². The molecule has 6 nitrogen and oxygen atoms in total. The first-order chi connectivity index (χ1) is 8.65. The lowest BCUT2D eigenvalue weighted by molar-refractivity contribution is -0.115. The second-order valence-corrected chi connectivity index (χ2v) is 4.62. The number of nitrogens with zero attached hydrogens (tertiary/aromatic N) is 2. The lowest BCUT2D eigenvalue weighted by Crippen LogP contribution is -2.13. The van der Waals surface area contributed by atoms with Gasteiger partial charge in [0.25, 0.3) is 0 Å². The molecule has 0 saturated heterocycles. The van der Waals surface area contributed by atoms with E-state index in [1.807, 2.05) is 6.07 Å².